The van der Waals surface area contributed by atoms with Crippen molar-refractivity contribution >= 4 is 40.2 Å². The fourth-order valence-corrected chi connectivity index (χ4v) is 3.84. The van der Waals surface area contributed by atoms with Crippen molar-refractivity contribution in [1.29, 1.82) is 0 Å². The summed E-state index contributed by atoms with van der Waals surface area (Å²) in [5.74, 6) is 0.344. The monoisotopic (exact) mass is 433 g/mol. The molecule has 0 unspecified atom stereocenters. The summed E-state index contributed by atoms with van der Waals surface area (Å²) in [5.41, 5.74) is 9.68. The van der Waals surface area contributed by atoms with E-state index in [-0.39, 0.29) is 23.7 Å². The number of anilines is 2. The molecule has 1 aliphatic carbocycles. The minimum Gasteiger partial charge on any atom is -0.381 e. The highest BCUT2D eigenvalue weighted by atomic mass is 35.5. The first kappa shape index (κ1) is 19.3. The summed E-state index contributed by atoms with van der Waals surface area (Å²) in [5, 5.41) is 14.0. The van der Waals surface area contributed by atoms with Crippen LogP contribution in [0.15, 0.2) is 48.7 Å². The van der Waals surface area contributed by atoms with Crippen molar-refractivity contribution in [3.05, 3.63) is 53.7 Å². The second-order valence-electron chi connectivity index (χ2n) is 7.54. The van der Waals surface area contributed by atoms with Crippen molar-refractivity contribution in [3.8, 4) is 22.5 Å². The second kappa shape index (κ2) is 7.88. The number of benzene rings is 2. The summed E-state index contributed by atoms with van der Waals surface area (Å²) in [6.07, 6.45) is 4.79. The van der Waals surface area contributed by atoms with Crippen molar-refractivity contribution in [2.24, 2.45) is 0 Å². The third kappa shape index (κ3) is 3.77. The molecule has 1 fully saturated rings. The van der Waals surface area contributed by atoms with Crippen LogP contribution in [0.1, 0.15) is 19.3 Å². The van der Waals surface area contributed by atoms with Gasteiger partial charge in [0.05, 0.1) is 28.1 Å². The summed E-state index contributed by atoms with van der Waals surface area (Å²) < 4.78 is 0. The highest BCUT2D eigenvalue weighted by molar-refractivity contribution is 6.35. The van der Waals surface area contributed by atoms with Crippen molar-refractivity contribution in [3.63, 3.8) is 0 Å². The number of aromatic amines is 1. The fourth-order valence-electron chi connectivity index (χ4n) is 3.57. The molecule has 0 spiro atoms. The number of aromatic nitrogens is 4. The van der Waals surface area contributed by atoms with E-state index < -0.39 is 0 Å². The maximum Gasteiger partial charge on any atom is 0.320 e. The lowest BCUT2D eigenvalue weighted by Crippen LogP contribution is -2.42. The molecule has 0 aliphatic heterocycles. The molecule has 5 N–H and O–H groups in total. The van der Waals surface area contributed by atoms with E-state index in [0.29, 0.717) is 16.4 Å². The van der Waals surface area contributed by atoms with Gasteiger partial charge in [0.1, 0.15) is 0 Å². The third-order valence-electron chi connectivity index (χ3n) is 5.42. The maximum absolute atomic E-state index is 12.4. The number of carbonyl (C=O) groups is 1. The van der Waals surface area contributed by atoms with E-state index in [1.54, 1.807) is 12.3 Å². The van der Waals surface area contributed by atoms with E-state index in [1.165, 1.54) is 0 Å². The number of nitrogens with one attached hydrogen (secondary N) is 3. The second-order valence-corrected chi connectivity index (χ2v) is 7.95. The van der Waals surface area contributed by atoms with E-state index in [1.807, 2.05) is 36.4 Å². The lowest BCUT2D eigenvalue weighted by atomic mass is 9.93. The van der Waals surface area contributed by atoms with Gasteiger partial charge >= 0.3 is 6.03 Å². The zero-order valence-corrected chi connectivity index (χ0v) is 17.3. The first-order valence-electron chi connectivity index (χ1n) is 10.0. The summed E-state index contributed by atoms with van der Waals surface area (Å²) in [6.45, 7) is 0. The number of amides is 2. The first-order valence-corrected chi connectivity index (χ1v) is 10.4. The highest BCUT2D eigenvalue weighted by Crippen LogP contribution is 2.35. The van der Waals surface area contributed by atoms with Gasteiger partial charge in [-0.1, -0.05) is 41.9 Å². The average Bonchev–Trinajstić information content (AvgIpc) is 3.22. The minimum atomic E-state index is -0.340. The van der Waals surface area contributed by atoms with Crippen LogP contribution in [0.25, 0.3) is 33.4 Å². The Balaban J connectivity index is 1.61. The molecule has 9 heteroatoms. The quantitative estimate of drug-likeness (QED) is 0.374. The van der Waals surface area contributed by atoms with Gasteiger partial charge in [-0.2, -0.15) is 5.10 Å². The summed E-state index contributed by atoms with van der Waals surface area (Å²) in [6, 6.07) is 13.2. The minimum absolute atomic E-state index is 0.141. The molecular weight excluding hydrogens is 414 g/mol. The average molecular weight is 434 g/mol. The van der Waals surface area contributed by atoms with E-state index in [4.69, 9.17) is 22.3 Å². The molecule has 1 aliphatic rings. The number of rotatable bonds is 4. The molecule has 0 atom stereocenters. The molecular formula is C22H20ClN7O. The molecule has 2 aromatic heterocycles. The van der Waals surface area contributed by atoms with Gasteiger partial charge in [0.15, 0.2) is 11.6 Å². The van der Waals surface area contributed by atoms with Crippen LogP contribution >= 0.6 is 11.6 Å². The Morgan fingerprint density at radius 1 is 1.10 bits per heavy atom. The van der Waals surface area contributed by atoms with Crippen LogP contribution in [0.4, 0.5) is 16.4 Å². The topological polar surface area (TPSA) is 122 Å². The normalized spacial score (nSPS) is 13.7. The van der Waals surface area contributed by atoms with Gasteiger partial charge in [0.25, 0.3) is 0 Å². The van der Waals surface area contributed by atoms with E-state index >= 15 is 0 Å². The van der Waals surface area contributed by atoms with Crippen molar-refractivity contribution < 1.29 is 4.79 Å². The molecule has 156 valence electrons. The number of carbonyl (C=O) groups excluding carboxylic acids is 1. The van der Waals surface area contributed by atoms with E-state index in [9.17, 15) is 4.79 Å². The number of halogens is 1. The number of nitrogens with zero attached hydrogens (tertiary/aromatic N) is 3. The Labute approximate surface area is 183 Å². The molecule has 2 amide bonds. The summed E-state index contributed by atoms with van der Waals surface area (Å²) in [7, 11) is 0. The number of nitrogen functional groups attached to an aromatic ring is 1. The highest BCUT2D eigenvalue weighted by Gasteiger charge is 2.22. The number of urea groups is 1. The third-order valence-corrected chi connectivity index (χ3v) is 5.71. The Morgan fingerprint density at radius 2 is 1.87 bits per heavy atom. The van der Waals surface area contributed by atoms with Crippen LogP contribution in [-0.4, -0.2) is 32.2 Å². The molecule has 0 saturated heterocycles. The Morgan fingerprint density at radius 3 is 2.61 bits per heavy atom. The van der Waals surface area contributed by atoms with Crippen LogP contribution in [0, 0.1) is 0 Å². The number of hydrogen-bond donors (Lipinski definition) is 4. The predicted molar refractivity (Wildman–Crippen MR) is 122 cm³/mol. The van der Waals surface area contributed by atoms with Gasteiger partial charge in [-0.25, -0.2) is 14.8 Å². The van der Waals surface area contributed by atoms with Gasteiger partial charge in [0.2, 0.25) is 0 Å². The first-order chi connectivity index (χ1) is 15.1. The van der Waals surface area contributed by atoms with E-state index in [0.717, 1.165) is 41.3 Å². The Hall–Kier alpha value is -3.65. The van der Waals surface area contributed by atoms with Gasteiger partial charge in [-0.05, 0) is 31.4 Å². The summed E-state index contributed by atoms with van der Waals surface area (Å²) in [4.78, 5) is 21.7. The zero-order chi connectivity index (χ0) is 21.4. The SMILES string of the molecule is Nc1nc(-c2ccccc2)c(-c2cc(Cl)c3[nH]ncc3c2)nc1NC(=O)NC1CCC1. The zero-order valence-electron chi connectivity index (χ0n) is 16.5. The molecule has 2 aromatic carbocycles. The van der Waals surface area contributed by atoms with Crippen molar-refractivity contribution in [2.75, 3.05) is 11.1 Å². The standard InChI is InChI=1S/C22H20ClN7O/c23-16-10-13(9-14-11-25-30-17(14)16)19-18(12-5-2-1-3-6-12)27-20(24)21(28-19)29-22(31)26-15-7-4-8-15/h1-3,5-6,9-11,15H,4,7-8H2,(H2,24,27)(H,25,30)(H2,26,28,29,31). The van der Waals surface area contributed by atoms with Crippen LogP contribution in [-0.2, 0) is 0 Å². The molecule has 31 heavy (non-hydrogen) atoms. The van der Waals surface area contributed by atoms with Crippen LogP contribution < -0.4 is 16.4 Å². The molecule has 0 radical (unpaired) electrons. The van der Waals surface area contributed by atoms with E-state index in [2.05, 4.69) is 25.8 Å². The maximum atomic E-state index is 12.4. The van der Waals surface area contributed by atoms with Crippen LogP contribution in [0.5, 0.6) is 0 Å². The fraction of sp³-hybridized carbons (Fsp3) is 0.182. The lowest BCUT2D eigenvalue weighted by molar-refractivity contribution is 0.240. The van der Waals surface area contributed by atoms with Crippen molar-refractivity contribution in [2.45, 2.75) is 25.3 Å². The van der Waals surface area contributed by atoms with Crippen LogP contribution in [0.2, 0.25) is 5.02 Å². The molecule has 4 aromatic rings. The Kier molecular flexibility index (Phi) is 4.91. The van der Waals surface area contributed by atoms with Gasteiger partial charge in [-0.15, -0.1) is 0 Å². The molecule has 8 nitrogen and oxygen atoms in total. The molecule has 5 rings (SSSR count). The van der Waals surface area contributed by atoms with Crippen LogP contribution in [0.3, 0.4) is 0 Å². The number of nitrogens with two attached hydrogens (primary N) is 1. The van der Waals surface area contributed by atoms with Gasteiger partial charge < -0.3 is 11.1 Å². The number of fused-ring (bicyclic) bond motifs is 1. The smallest absolute Gasteiger partial charge is 0.320 e. The van der Waals surface area contributed by atoms with Gasteiger partial charge in [0, 0.05) is 22.6 Å². The Bertz CT molecular complexity index is 1270. The van der Waals surface area contributed by atoms with Crippen molar-refractivity contribution in [1.82, 2.24) is 25.5 Å². The molecule has 0 bridgehead atoms. The lowest BCUT2D eigenvalue weighted by Gasteiger charge is -2.26. The number of H-pyrrole nitrogens is 1. The largest absolute Gasteiger partial charge is 0.381 e. The molecule has 1 saturated carbocycles. The predicted octanol–water partition coefficient (Wildman–Crippen LogP) is 4.60. The molecule has 2 heterocycles. The summed E-state index contributed by atoms with van der Waals surface area (Å²) >= 11 is 6.46. The number of hydrogen-bond acceptors (Lipinski definition) is 5. The van der Waals surface area contributed by atoms with Gasteiger partial charge in [-0.3, -0.25) is 10.4 Å².